The minimum Gasteiger partial charge on any atom is -0.497 e. The van der Waals surface area contributed by atoms with Gasteiger partial charge in [0.25, 0.3) is 0 Å². The van der Waals surface area contributed by atoms with Crippen LogP contribution in [0.15, 0.2) is 24.3 Å². The number of rotatable bonds is 7. The van der Waals surface area contributed by atoms with Gasteiger partial charge >= 0.3 is 12.3 Å². The third-order valence-electron chi connectivity index (χ3n) is 6.15. The monoisotopic (exact) mass is 430 g/mol. The lowest BCUT2D eigenvalue weighted by Crippen LogP contribution is -2.54. The summed E-state index contributed by atoms with van der Waals surface area (Å²) in [7, 11) is 3.46. The topological polar surface area (TPSA) is 60.0 Å². The van der Waals surface area contributed by atoms with Gasteiger partial charge in [0.05, 0.1) is 20.3 Å². The van der Waals surface area contributed by atoms with E-state index in [0.717, 1.165) is 25.7 Å². The largest absolute Gasteiger partial charge is 0.497 e. The van der Waals surface area contributed by atoms with Gasteiger partial charge in [-0.1, -0.05) is 12.1 Å². The van der Waals surface area contributed by atoms with E-state index in [0.29, 0.717) is 30.4 Å². The number of alkyl halides is 3. The van der Waals surface area contributed by atoms with Crippen LogP contribution in [0.1, 0.15) is 31.2 Å². The van der Waals surface area contributed by atoms with Crippen molar-refractivity contribution in [2.45, 2.75) is 50.6 Å². The Labute approximate surface area is 174 Å². The fourth-order valence-electron chi connectivity index (χ4n) is 4.16. The molecule has 0 unspecified atom stereocenters. The number of hydrogen-bond acceptors (Lipinski definition) is 5. The lowest BCUT2D eigenvalue weighted by atomic mass is 9.60. The zero-order valence-corrected chi connectivity index (χ0v) is 17.3. The van der Waals surface area contributed by atoms with E-state index >= 15 is 0 Å². The Morgan fingerprint density at radius 2 is 1.87 bits per heavy atom. The molecule has 1 aromatic carbocycles. The van der Waals surface area contributed by atoms with E-state index in [1.165, 1.54) is 12.0 Å². The average Bonchev–Trinajstić information content (AvgIpc) is 2.71. The highest BCUT2D eigenvalue weighted by molar-refractivity contribution is 5.68. The normalized spacial score (nSPS) is 20.0. The van der Waals surface area contributed by atoms with Crippen molar-refractivity contribution in [3.8, 4) is 5.75 Å². The van der Waals surface area contributed by atoms with E-state index in [9.17, 15) is 18.0 Å². The van der Waals surface area contributed by atoms with Gasteiger partial charge in [-0.3, -0.25) is 0 Å². The fourth-order valence-corrected chi connectivity index (χ4v) is 4.16. The molecule has 0 aromatic heterocycles. The van der Waals surface area contributed by atoms with Crippen LogP contribution in [0.2, 0.25) is 0 Å². The first-order valence-electron chi connectivity index (χ1n) is 10.1. The minimum atomic E-state index is -4.69. The Morgan fingerprint density at radius 3 is 2.40 bits per heavy atom. The maximum atomic E-state index is 13.3. The number of amides is 1. The van der Waals surface area contributed by atoms with Crippen molar-refractivity contribution in [1.29, 1.82) is 0 Å². The molecule has 1 spiro atoms. The van der Waals surface area contributed by atoms with Gasteiger partial charge in [0.15, 0.2) is 0 Å². The van der Waals surface area contributed by atoms with Crippen molar-refractivity contribution < 1.29 is 32.2 Å². The number of piperidine rings is 1. The molecule has 168 valence electrons. The van der Waals surface area contributed by atoms with E-state index in [1.807, 2.05) is 7.05 Å². The van der Waals surface area contributed by atoms with Crippen LogP contribution in [0.3, 0.4) is 0 Å². The summed E-state index contributed by atoms with van der Waals surface area (Å²) >= 11 is 0. The van der Waals surface area contributed by atoms with Gasteiger partial charge in [0, 0.05) is 19.1 Å². The van der Waals surface area contributed by atoms with Gasteiger partial charge < -0.3 is 24.4 Å². The molecule has 1 saturated carbocycles. The molecule has 1 atom stereocenters. The number of methoxy groups -OCH3 is 1. The molecule has 0 radical (unpaired) electrons. The Kier molecular flexibility index (Phi) is 7.13. The second kappa shape index (κ2) is 9.43. The van der Waals surface area contributed by atoms with Crippen LogP contribution in [0, 0.1) is 5.41 Å². The molecule has 3 rings (SSSR count). The first kappa shape index (κ1) is 22.7. The van der Waals surface area contributed by atoms with Crippen molar-refractivity contribution in [3.63, 3.8) is 0 Å². The maximum absolute atomic E-state index is 13.3. The number of benzene rings is 1. The molecule has 1 aliphatic carbocycles. The maximum Gasteiger partial charge on any atom is 0.427 e. The average molecular weight is 430 g/mol. The number of nitrogens with zero attached hydrogens (tertiary/aromatic N) is 1. The number of carbonyl (C=O) groups is 1. The van der Waals surface area contributed by atoms with Crippen LogP contribution < -0.4 is 10.1 Å². The van der Waals surface area contributed by atoms with Crippen LogP contribution in [-0.2, 0) is 16.1 Å². The summed E-state index contributed by atoms with van der Waals surface area (Å²) < 4.78 is 55.0. The summed E-state index contributed by atoms with van der Waals surface area (Å²) in [5, 5.41) is 3.24. The summed E-state index contributed by atoms with van der Waals surface area (Å²) in [6.45, 7) is 0.0784. The molecule has 6 nitrogen and oxygen atoms in total. The second-order valence-electron chi connectivity index (χ2n) is 8.16. The molecule has 1 aromatic rings. The minimum absolute atomic E-state index is 0.0208. The fraction of sp³-hybridized carbons (Fsp3) is 0.667. The Balaban J connectivity index is 1.46. The van der Waals surface area contributed by atoms with E-state index < -0.39 is 25.0 Å². The van der Waals surface area contributed by atoms with Crippen LogP contribution in [0.25, 0.3) is 0 Å². The Bertz CT molecular complexity index is 695. The summed E-state index contributed by atoms with van der Waals surface area (Å²) in [6, 6.07) is 7.31. The number of hydrogen-bond donors (Lipinski definition) is 1. The molecule has 0 bridgehead atoms. The molecule has 9 heteroatoms. The standard InChI is InChI=1S/C21H29F3N2O4/c1-25-16-11-20(12-16)7-9-26(10-8-20)19(27)30-18(21(22,23)24)14-29-13-15-3-5-17(28-2)6-4-15/h3-6,16,18,25H,7-14H2,1-2H3/t18-/m1/s1. The van der Waals surface area contributed by atoms with Crippen molar-refractivity contribution >= 4 is 6.09 Å². The Morgan fingerprint density at radius 1 is 1.23 bits per heavy atom. The summed E-state index contributed by atoms with van der Waals surface area (Å²) in [6.07, 6.45) is -4.22. The molecular formula is C21H29F3N2O4. The number of halogens is 3. The first-order valence-corrected chi connectivity index (χ1v) is 10.1. The molecule has 1 saturated heterocycles. The molecular weight excluding hydrogens is 401 g/mol. The van der Waals surface area contributed by atoms with Crippen molar-refractivity contribution in [1.82, 2.24) is 10.2 Å². The second-order valence-corrected chi connectivity index (χ2v) is 8.16. The van der Waals surface area contributed by atoms with Gasteiger partial charge in [-0.25, -0.2) is 4.79 Å². The molecule has 1 N–H and O–H groups in total. The summed E-state index contributed by atoms with van der Waals surface area (Å²) in [5.41, 5.74) is 0.916. The first-order chi connectivity index (χ1) is 14.2. The van der Waals surface area contributed by atoms with Gasteiger partial charge in [0.1, 0.15) is 5.75 Å². The van der Waals surface area contributed by atoms with Gasteiger partial charge in [-0.2, -0.15) is 13.2 Å². The highest BCUT2D eigenvalue weighted by atomic mass is 19.4. The highest BCUT2D eigenvalue weighted by Crippen LogP contribution is 2.49. The zero-order chi connectivity index (χ0) is 21.8. The molecule has 30 heavy (non-hydrogen) atoms. The summed E-state index contributed by atoms with van der Waals surface area (Å²) in [5.74, 6) is 0.646. The Hall–Kier alpha value is -2.00. The zero-order valence-electron chi connectivity index (χ0n) is 17.3. The van der Waals surface area contributed by atoms with E-state index in [1.54, 1.807) is 24.3 Å². The highest BCUT2D eigenvalue weighted by Gasteiger charge is 2.47. The predicted octanol–water partition coefficient (Wildman–Crippen LogP) is 3.74. The number of carbonyl (C=O) groups excluding carboxylic acids is 1. The molecule has 1 heterocycles. The molecule has 2 aliphatic rings. The third kappa shape index (κ3) is 5.57. The SMILES string of the molecule is CNC1CC2(CCN(C(=O)O[C@H](COCc3ccc(OC)cc3)C(F)(F)F)CC2)C1. The van der Waals surface area contributed by atoms with Gasteiger partial charge in [-0.15, -0.1) is 0 Å². The van der Waals surface area contributed by atoms with E-state index in [4.69, 9.17) is 14.2 Å². The number of nitrogens with one attached hydrogen (secondary N) is 1. The quantitative estimate of drug-likeness (QED) is 0.714. The van der Waals surface area contributed by atoms with Crippen LogP contribution in [-0.4, -0.2) is 63.2 Å². The van der Waals surface area contributed by atoms with Crippen LogP contribution >= 0.6 is 0 Å². The van der Waals surface area contributed by atoms with Gasteiger partial charge in [0.2, 0.25) is 6.10 Å². The van der Waals surface area contributed by atoms with Gasteiger partial charge in [-0.05, 0) is 55.8 Å². The lowest BCUT2D eigenvalue weighted by Gasteiger charge is -2.52. The number of likely N-dealkylation sites (tertiary alicyclic amines) is 1. The van der Waals surface area contributed by atoms with Crippen molar-refractivity contribution in [2.75, 3.05) is 33.9 Å². The smallest absolute Gasteiger partial charge is 0.427 e. The predicted molar refractivity (Wildman–Crippen MR) is 104 cm³/mol. The van der Waals surface area contributed by atoms with Crippen LogP contribution in [0.5, 0.6) is 5.75 Å². The van der Waals surface area contributed by atoms with Crippen molar-refractivity contribution in [2.24, 2.45) is 5.41 Å². The van der Waals surface area contributed by atoms with E-state index in [-0.39, 0.29) is 12.0 Å². The molecule has 1 aliphatic heterocycles. The van der Waals surface area contributed by atoms with Crippen LogP contribution in [0.4, 0.5) is 18.0 Å². The molecule has 2 fully saturated rings. The molecule has 1 amide bonds. The summed E-state index contributed by atoms with van der Waals surface area (Å²) in [4.78, 5) is 13.7. The number of ether oxygens (including phenoxy) is 3. The van der Waals surface area contributed by atoms with E-state index in [2.05, 4.69) is 5.32 Å². The third-order valence-corrected chi connectivity index (χ3v) is 6.15. The lowest BCUT2D eigenvalue weighted by molar-refractivity contribution is -0.220. The van der Waals surface area contributed by atoms with Crippen molar-refractivity contribution in [3.05, 3.63) is 29.8 Å².